The van der Waals surface area contributed by atoms with Gasteiger partial charge in [0.15, 0.2) is 12.4 Å². The van der Waals surface area contributed by atoms with E-state index in [1.165, 1.54) is 140 Å². The Labute approximate surface area is 255 Å². The predicted molar refractivity (Wildman–Crippen MR) is 183 cm³/mol. The Hall–Kier alpha value is -2.10. The van der Waals surface area contributed by atoms with E-state index >= 15 is 0 Å². The molecule has 4 nitrogen and oxygen atoms in total. The van der Waals surface area contributed by atoms with Crippen molar-refractivity contribution in [3.8, 4) is 0 Å². The first-order chi connectivity index (χ1) is 20.3. The van der Waals surface area contributed by atoms with Gasteiger partial charge in [0.25, 0.3) is 0 Å². The molecule has 1 rings (SSSR count). The molecule has 234 valence electrons. The lowest BCUT2D eigenvalue weighted by Crippen LogP contribution is -2.32. The topological polar surface area (TPSA) is 40.3 Å². The Morgan fingerprint density at radius 1 is 0.683 bits per heavy atom. The molecule has 0 fully saturated rings. The molecule has 0 amide bonds. The van der Waals surface area contributed by atoms with Crippen molar-refractivity contribution in [2.45, 2.75) is 156 Å². The van der Waals surface area contributed by atoms with Gasteiger partial charge in [-0.05, 0) is 44.8 Å². The summed E-state index contributed by atoms with van der Waals surface area (Å²) in [6.45, 7) is 10.9. The Kier molecular flexibility index (Phi) is 26.5. The van der Waals surface area contributed by atoms with Gasteiger partial charge >= 0.3 is 0 Å². The second-order valence-electron chi connectivity index (χ2n) is 11.7. The molecule has 1 aromatic rings. The summed E-state index contributed by atoms with van der Waals surface area (Å²) < 4.78 is 2.33. The van der Waals surface area contributed by atoms with Crippen molar-refractivity contribution in [1.29, 1.82) is 0 Å². The van der Waals surface area contributed by atoms with Gasteiger partial charge in [-0.1, -0.05) is 116 Å². The third-order valence-corrected chi connectivity index (χ3v) is 7.77. The molecule has 2 N–H and O–H groups in total. The van der Waals surface area contributed by atoms with Crippen molar-refractivity contribution in [1.82, 2.24) is 5.32 Å². The van der Waals surface area contributed by atoms with Crippen molar-refractivity contribution in [2.75, 3.05) is 25.0 Å². The van der Waals surface area contributed by atoms with Gasteiger partial charge in [0.05, 0.1) is 0 Å². The number of rotatable bonds is 29. The Morgan fingerprint density at radius 2 is 1.22 bits per heavy atom. The van der Waals surface area contributed by atoms with E-state index in [-0.39, 0.29) is 0 Å². The van der Waals surface area contributed by atoms with Crippen molar-refractivity contribution in [3.05, 3.63) is 48.5 Å². The maximum absolute atomic E-state index is 4.61. The van der Waals surface area contributed by atoms with Crippen LogP contribution >= 0.6 is 0 Å². The number of aryl methyl sites for hydroxylation is 1. The van der Waals surface area contributed by atoms with Gasteiger partial charge in [-0.15, -0.1) is 0 Å². The van der Waals surface area contributed by atoms with Gasteiger partial charge in [-0.2, -0.15) is 0 Å². The third kappa shape index (κ3) is 24.2. The van der Waals surface area contributed by atoms with E-state index in [0.717, 1.165) is 26.2 Å². The first-order valence-corrected chi connectivity index (χ1v) is 17.6. The standard InChI is InChI=1S/C37H66N4/c1-4-7-9-11-18-22-30-39-36(25-6-3)26-32-38-29-21-17-15-13-14-16-20-24-33-41-34-27-37(28-35-41)40-31-23-19-12-10-8-5-2/h6,25-28,32,34-35H,4-5,7-24,29-31,33H2,1-3H3,(H,38,39)/p+1/b25-6-. The fraction of sp³-hybridized carbons (Fsp3) is 0.730. The lowest BCUT2D eigenvalue weighted by molar-refractivity contribution is -0.697. The minimum absolute atomic E-state index is 0.946. The molecular formula is C37H67N4+. The van der Waals surface area contributed by atoms with E-state index < -0.39 is 0 Å². The van der Waals surface area contributed by atoms with E-state index in [1.54, 1.807) is 0 Å². The smallest absolute Gasteiger partial charge is 0.170 e. The Balaban J connectivity index is 1.97. The van der Waals surface area contributed by atoms with E-state index in [0.29, 0.717) is 0 Å². The molecule has 1 heterocycles. The molecule has 0 radical (unpaired) electrons. The predicted octanol–water partition coefficient (Wildman–Crippen LogP) is 10.3. The average Bonchev–Trinajstić information content (AvgIpc) is 2.99. The van der Waals surface area contributed by atoms with Crippen LogP contribution in [0.4, 0.5) is 5.69 Å². The van der Waals surface area contributed by atoms with Gasteiger partial charge in [-0.3, -0.25) is 4.99 Å². The van der Waals surface area contributed by atoms with Gasteiger partial charge in [-0.25, -0.2) is 4.57 Å². The van der Waals surface area contributed by atoms with Crippen LogP contribution in [0.1, 0.15) is 149 Å². The number of allylic oxidation sites excluding steroid dienone is 3. The summed E-state index contributed by atoms with van der Waals surface area (Å²) in [5.74, 6) is 0. The number of unbranched alkanes of at least 4 members (excludes halogenated alkanes) is 17. The molecule has 0 aliphatic carbocycles. The molecule has 0 aromatic carbocycles. The van der Waals surface area contributed by atoms with Gasteiger partial charge in [0.2, 0.25) is 0 Å². The van der Waals surface area contributed by atoms with E-state index in [9.17, 15) is 0 Å². The monoisotopic (exact) mass is 568 g/mol. The summed E-state index contributed by atoms with van der Waals surface area (Å²) >= 11 is 0. The van der Waals surface area contributed by atoms with E-state index in [2.05, 4.69) is 83.7 Å². The summed E-state index contributed by atoms with van der Waals surface area (Å²) in [7, 11) is 0. The van der Waals surface area contributed by atoms with Crippen LogP contribution in [0.3, 0.4) is 0 Å². The summed E-state index contributed by atoms with van der Waals surface area (Å²) in [6, 6.07) is 4.46. The van der Waals surface area contributed by atoms with Gasteiger partial charge in [0, 0.05) is 55.8 Å². The maximum atomic E-state index is 4.61. The summed E-state index contributed by atoms with van der Waals surface area (Å²) in [5, 5.41) is 7.13. The number of anilines is 1. The molecule has 0 atom stereocenters. The zero-order chi connectivity index (χ0) is 29.5. The minimum atomic E-state index is 0.946. The van der Waals surface area contributed by atoms with Crippen molar-refractivity contribution < 1.29 is 4.57 Å². The number of nitrogens with zero attached hydrogens (tertiary/aromatic N) is 2. The molecule has 4 heteroatoms. The highest BCUT2D eigenvalue weighted by Crippen LogP contribution is 2.10. The zero-order valence-corrected chi connectivity index (χ0v) is 27.5. The lowest BCUT2D eigenvalue weighted by Gasteiger charge is -2.06. The number of hydrogen-bond acceptors (Lipinski definition) is 3. The summed E-state index contributed by atoms with van der Waals surface area (Å²) in [5.41, 5.74) is 2.43. The fourth-order valence-electron chi connectivity index (χ4n) is 5.12. The van der Waals surface area contributed by atoms with Crippen molar-refractivity contribution in [3.63, 3.8) is 0 Å². The normalized spacial score (nSPS) is 12.1. The minimum Gasteiger partial charge on any atom is -0.385 e. The molecule has 0 bridgehead atoms. The highest BCUT2D eigenvalue weighted by atomic mass is 14.9. The largest absolute Gasteiger partial charge is 0.385 e. The average molecular weight is 568 g/mol. The number of nitrogens with one attached hydrogen (secondary N) is 2. The zero-order valence-electron chi connectivity index (χ0n) is 27.5. The third-order valence-electron chi connectivity index (χ3n) is 7.77. The Morgan fingerprint density at radius 3 is 1.83 bits per heavy atom. The van der Waals surface area contributed by atoms with E-state index in [4.69, 9.17) is 0 Å². The molecular weight excluding hydrogens is 500 g/mol. The summed E-state index contributed by atoms with van der Waals surface area (Å²) in [6.07, 6.45) is 39.5. The maximum Gasteiger partial charge on any atom is 0.170 e. The molecule has 0 saturated carbocycles. The first-order valence-electron chi connectivity index (χ1n) is 17.6. The number of aliphatic imine (C=N–C) groups is 1. The number of pyridine rings is 1. The van der Waals surface area contributed by atoms with Crippen LogP contribution in [-0.4, -0.2) is 25.8 Å². The second-order valence-corrected chi connectivity index (χ2v) is 11.7. The first kappa shape index (κ1) is 36.9. The van der Waals surface area contributed by atoms with Crippen LogP contribution in [0.25, 0.3) is 0 Å². The van der Waals surface area contributed by atoms with Crippen LogP contribution in [0.15, 0.2) is 53.4 Å². The lowest BCUT2D eigenvalue weighted by atomic mass is 10.1. The SMILES string of the molecule is C\C=C/C(=C\C=N\CCCCCCCCCC[n+]1ccc(NCCCCCCCC)cc1)NCCCCCCCC. The fourth-order valence-corrected chi connectivity index (χ4v) is 5.12. The van der Waals surface area contributed by atoms with Crippen LogP contribution in [0.2, 0.25) is 0 Å². The number of aromatic nitrogens is 1. The molecule has 0 aliphatic rings. The van der Waals surface area contributed by atoms with Crippen LogP contribution < -0.4 is 15.2 Å². The van der Waals surface area contributed by atoms with Gasteiger partial charge < -0.3 is 10.6 Å². The van der Waals surface area contributed by atoms with Gasteiger partial charge in [0.1, 0.15) is 6.54 Å². The highest BCUT2D eigenvalue weighted by Gasteiger charge is 2.01. The quantitative estimate of drug-likeness (QED) is 0.0437. The van der Waals surface area contributed by atoms with Crippen molar-refractivity contribution in [2.24, 2.45) is 4.99 Å². The summed E-state index contributed by atoms with van der Waals surface area (Å²) in [4.78, 5) is 4.61. The molecule has 1 aromatic heterocycles. The highest BCUT2D eigenvalue weighted by molar-refractivity contribution is 5.72. The molecule has 0 unspecified atom stereocenters. The van der Waals surface area contributed by atoms with Crippen molar-refractivity contribution >= 4 is 11.9 Å². The van der Waals surface area contributed by atoms with Crippen LogP contribution in [0, 0.1) is 0 Å². The van der Waals surface area contributed by atoms with E-state index in [1.807, 2.05) is 6.21 Å². The van der Waals surface area contributed by atoms with Crippen LogP contribution in [0.5, 0.6) is 0 Å². The molecule has 41 heavy (non-hydrogen) atoms. The Bertz CT molecular complexity index is 766. The molecule has 0 saturated heterocycles. The number of hydrogen-bond donors (Lipinski definition) is 2. The second kappa shape index (κ2) is 29.4. The molecule has 0 spiro atoms. The molecule has 0 aliphatic heterocycles. The van der Waals surface area contributed by atoms with Crippen LogP contribution in [-0.2, 0) is 6.54 Å².